The van der Waals surface area contributed by atoms with Crippen molar-refractivity contribution in [1.82, 2.24) is 10.3 Å². The zero-order chi connectivity index (χ0) is 22.9. The van der Waals surface area contributed by atoms with E-state index in [0.29, 0.717) is 15.6 Å². The van der Waals surface area contributed by atoms with Gasteiger partial charge < -0.3 is 15.5 Å². The van der Waals surface area contributed by atoms with Crippen molar-refractivity contribution < 1.29 is 27.8 Å². The Morgan fingerprint density at radius 2 is 2.00 bits per heavy atom. The van der Waals surface area contributed by atoms with Crippen LogP contribution in [-0.2, 0) is 32.4 Å². The molecule has 0 saturated heterocycles. The Balaban J connectivity index is 1.88. The van der Waals surface area contributed by atoms with Crippen molar-refractivity contribution in [2.75, 3.05) is 18.1 Å². The Bertz CT molecular complexity index is 1100. The zero-order valence-corrected chi connectivity index (χ0v) is 18.6. The number of aliphatic hydroxyl groups is 2. The quantitative estimate of drug-likeness (QED) is 0.547. The number of benzene rings is 1. The van der Waals surface area contributed by atoms with Crippen LogP contribution in [0.25, 0.3) is 0 Å². The van der Waals surface area contributed by atoms with Gasteiger partial charge in [-0.1, -0.05) is 35.3 Å². The number of hydrogen-bond donors (Lipinski definition) is 3. The molecule has 11 heteroatoms. The molecule has 1 heterocycles. The van der Waals surface area contributed by atoms with Crippen LogP contribution in [0.3, 0.4) is 0 Å². The van der Waals surface area contributed by atoms with E-state index in [9.17, 15) is 18.3 Å². The average Bonchev–Trinajstić information content (AvgIpc) is 2.70. The van der Waals surface area contributed by atoms with E-state index in [0.717, 1.165) is 0 Å². The number of sulfone groups is 1. The van der Waals surface area contributed by atoms with Crippen molar-refractivity contribution in [3.63, 3.8) is 0 Å². The lowest BCUT2D eigenvalue weighted by molar-refractivity contribution is -0.136. The van der Waals surface area contributed by atoms with Gasteiger partial charge in [-0.3, -0.25) is 9.78 Å². The molecule has 31 heavy (non-hydrogen) atoms. The van der Waals surface area contributed by atoms with E-state index in [4.69, 9.17) is 28.3 Å². The maximum absolute atomic E-state index is 15.9. The van der Waals surface area contributed by atoms with Gasteiger partial charge in [0.2, 0.25) is 5.67 Å². The van der Waals surface area contributed by atoms with Crippen molar-refractivity contribution >= 4 is 38.9 Å². The number of pyridine rings is 1. The number of carbonyl (C=O) groups excluding carboxylic acids is 1. The highest BCUT2D eigenvalue weighted by Gasteiger charge is 2.53. The fourth-order valence-corrected chi connectivity index (χ4v) is 5.57. The third kappa shape index (κ3) is 5.01. The SMILES string of the molecule is O=C(NCc1ccc(Cl)cc1Cl)[C@]1(F)CC[C@@](O)(CS(=O)(=O)CCO)c2ncccc21. The lowest BCUT2D eigenvalue weighted by atomic mass is 9.75. The topological polar surface area (TPSA) is 117 Å². The van der Waals surface area contributed by atoms with Gasteiger partial charge in [0.15, 0.2) is 9.84 Å². The predicted octanol–water partition coefficient (Wildman–Crippen LogP) is 2.26. The van der Waals surface area contributed by atoms with E-state index >= 15 is 4.39 Å². The molecule has 2 atom stereocenters. The summed E-state index contributed by atoms with van der Waals surface area (Å²) < 4.78 is 40.3. The molecule has 0 bridgehead atoms. The minimum absolute atomic E-state index is 0.0503. The Kier molecular flexibility index (Phi) is 6.93. The molecule has 2 aromatic rings. The fraction of sp³-hybridized carbons (Fsp3) is 0.400. The van der Waals surface area contributed by atoms with Gasteiger partial charge in [-0.05, 0) is 36.6 Å². The number of aromatic nitrogens is 1. The highest BCUT2D eigenvalue weighted by Crippen LogP contribution is 2.46. The molecule has 0 spiro atoms. The average molecular weight is 491 g/mol. The van der Waals surface area contributed by atoms with E-state index in [1.807, 2.05) is 0 Å². The zero-order valence-electron chi connectivity index (χ0n) is 16.3. The minimum atomic E-state index is -3.83. The first-order chi connectivity index (χ1) is 14.5. The second-order valence-corrected chi connectivity index (χ2v) is 10.5. The molecule has 7 nitrogen and oxygen atoms in total. The molecule has 1 aromatic heterocycles. The number of hydrogen-bond acceptors (Lipinski definition) is 6. The lowest BCUT2D eigenvalue weighted by Crippen LogP contribution is -2.50. The summed E-state index contributed by atoms with van der Waals surface area (Å²) in [5, 5.41) is 23.2. The van der Waals surface area contributed by atoms with Gasteiger partial charge in [0.1, 0.15) is 5.60 Å². The normalized spacial score (nSPS) is 23.3. The number of amides is 1. The minimum Gasteiger partial charge on any atom is -0.395 e. The second kappa shape index (κ2) is 8.99. The number of carbonyl (C=O) groups is 1. The van der Waals surface area contributed by atoms with Crippen molar-refractivity contribution in [3.8, 4) is 0 Å². The Labute approximate surface area is 189 Å². The molecule has 1 aliphatic carbocycles. The van der Waals surface area contributed by atoms with Crippen LogP contribution >= 0.6 is 23.2 Å². The summed E-state index contributed by atoms with van der Waals surface area (Å²) in [6.45, 7) is -0.651. The Morgan fingerprint density at radius 1 is 1.26 bits per heavy atom. The number of halogens is 3. The third-order valence-corrected chi connectivity index (χ3v) is 7.54. The summed E-state index contributed by atoms with van der Waals surface area (Å²) in [5.74, 6) is -2.23. The summed E-state index contributed by atoms with van der Waals surface area (Å²) in [6.07, 6.45) is 0.504. The lowest BCUT2D eigenvalue weighted by Gasteiger charge is -2.39. The van der Waals surface area contributed by atoms with Gasteiger partial charge in [0, 0.05) is 28.4 Å². The molecule has 0 aliphatic heterocycles. The summed E-state index contributed by atoms with van der Waals surface area (Å²) >= 11 is 11.9. The van der Waals surface area contributed by atoms with Gasteiger partial charge in [0.25, 0.3) is 5.91 Å². The number of nitrogens with zero attached hydrogens (tertiary/aromatic N) is 1. The first kappa shape index (κ1) is 23.9. The smallest absolute Gasteiger partial charge is 0.262 e. The summed E-state index contributed by atoms with van der Waals surface area (Å²) in [4.78, 5) is 16.8. The van der Waals surface area contributed by atoms with Gasteiger partial charge >= 0.3 is 0 Å². The van der Waals surface area contributed by atoms with Gasteiger partial charge in [0.05, 0.1) is 23.8 Å². The van der Waals surface area contributed by atoms with Gasteiger partial charge in [-0.25, -0.2) is 12.8 Å². The number of fused-ring (bicyclic) bond motifs is 1. The van der Waals surface area contributed by atoms with Crippen molar-refractivity contribution in [1.29, 1.82) is 0 Å². The molecule has 168 valence electrons. The molecular formula is C20H21Cl2FN2O5S. The number of aliphatic hydroxyl groups excluding tert-OH is 1. The van der Waals surface area contributed by atoms with Crippen LogP contribution in [0.2, 0.25) is 10.0 Å². The molecule has 0 radical (unpaired) electrons. The van der Waals surface area contributed by atoms with E-state index in [2.05, 4.69) is 10.3 Å². The fourth-order valence-electron chi connectivity index (χ4n) is 3.66. The first-order valence-corrected chi connectivity index (χ1v) is 12.0. The molecular weight excluding hydrogens is 470 g/mol. The first-order valence-electron chi connectivity index (χ1n) is 9.41. The molecule has 0 fully saturated rings. The summed E-state index contributed by atoms with van der Waals surface area (Å²) in [7, 11) is -3.83. The molecule has 3 N–H and O–H groups in total. The van der Waals surface area contributed by atoms with Crippen LogP contribution in [0.15, 0.2) is 36.5 Å². The maximum atomic E-state index is 15.9. The van der Waals surface area contributed by atoms with Crippen LogP contribution in [0.4, 0.5) is 4.39 Å². The summed E-state index contributed by atoms with van der Waals surface area (Å²) in [6, 6.07) is 7.41. The second-order valence-electron chi connectivity index (χ2n) is 7.47. The number of nitrogens with one attached hydrogen (secondary N) is 1. The van der Waals surface area contributed by atoms with E-state index in [1.54, 1.807) is 12.1 Å². The Hall–Kier alpha value is -1.78. The molecule has 1 aliphatic rings. The molecule has 1 aromatic carbocycles. The van der Waals surface area contributed by atoms with E-state index in [1.165, 1.54) is 24.4 Å². The van der Waals surface area contributed by atoms with Crippen molar-refractivity contribution in [3.05, 3.63) is 63.4 Å². The van der Waals surface area contributed by atoms with Gasteiger partial charge in [-0.15, -0.1) is 0 Å². The van der Waals surface area contributed by atoms with Crippen LogP contribution in [0, 0.1) is 0 Å². The monoisotopic (exact) mass is 490 g/mol. The standard InChI is InChI=1S/C20H21Cl2FN2O5S/c21-14-4-3-13(16(22)10-14)11-25-18(27)20(23)6-5-19(28,12-31(29,30)9-8-26)17-15(20)2-1-7-24-17/h1-4,7,10,26,28H,5-6,8-9,11-12H2,(H,25,27)/t19-,20+/m1/s1. The molecule has 0 saturated carbocycles. The van der Waals surface area contributed by atoms with Crippen LogP contribution in [0.5, 0.6) is 0 Å². The largest absolute Gasteiger partial charge is 0.395 e. The summed E-state index contributed by atoms with van der Waals surface area (Å²) in [5.41, 5.74) is -4.35. The van der Waals surface area contributed by atoms with Crippen molar-refractivity contribution in [2.45, 2.75) is 30.7 Å². The predicted molar refractivity (Wildman–Crippen MR) is 114 cm³/mol. The van der Waals surface area contributed by atoms with E-state index < -0.39 is 51.5 Å². The molecule has 1 amide bonds. The van der Waals surface area contributed by atoms with Crippen LogP contribution in [0.1, 0.15) is 29.7 Å². The highest BCUT2D eigenvalue weighted by molar-refractivity contribution is 7.91. The number of alkyl halides is 1. The maximum Gasteiger partial charge on any atom is 0.262 e. The third-order valence-electron chi connectivity index (χ3n) is 5.23. The van der Waals surface area contributed by atoms with Crippen LogP contribution in [-0.4, -0.2) is 47.6 Å². The molecule has 0 unspecified atom stereocenters. The van der Waals surface area contributed by atoms with Gasteiger partial charge in [-0.2, -0.15) is 0 Å². The van der Waals surface area contributed by atoms with E-state index in [-0.39, 0.29) is 24.2 Å². The van der Waals surface area contributed by atoms with Crippen molar-refractivity contribution in [2.24, 2.45) is 0 Å². The number of rotatable bonds is 7. The van der Waals surface area contributed by atoms with Crippen LogP contribution < -0.4 is 5.32 Å². The molecule has 3 rings (SSSR count). The highest BCUT2D eigenvalue weighted by atomic mass is 35.5. The Morgan fingerprint density at radius 3 is 2.68 bits per heavy atom.